The molecule has 1 aliphatic rings. The summed E-state index contributed by atoms with van der Waals surface area (Å²) in [5, 5.41) is 8.57. The van der Waals surface area contributed by atoms with Crippen molar-refractivity contribution in [1.29, 1.82) is 0 Å². The summed E-state index contributed by atoms with van der Waals surface area (Å²) in [6.07, 6.45) is -1.29. The third-order valence-electron chi connectivity index (χ3n) is 4.12. The molecule has 1 unspecified atom stereocenters. The molecule has 0 bridgehead atoms. The monoisotopic (exact) mass is 369 g/mol. The number of ether oxygens (including phenoxy) is 1. The van der Waals surface area contributed by atoms with E-state index in [1.807, 2.05) is 0 Å². The zero-order chi connectivity index (χ0) is 18.8. The highest BCUT2D eigenvalue weighted by Crippen LogP contribution is 2.18. The van der Waals surface area contributed by atoms with Crippen molar-refractivity contribution in [2.45, 2.75) is 49.5 Å². The largest absolute Gasteiger partial charge is 0.479 e. The van der Waals surface area contributed by atoms with Gasteiger partial charge in [0.2, 0.25) is 5.91 Å². The summed E-state index contributed by atoms with van der Waals surface area (Å²) in [7, 11) is -3.34. The second-order valence-corrected chi connectivity index (χ2v) is 8.99. The van der Waals surface area contributed by atoms with Crippen LogP contribution in [0.2, 0.25) is 0 Å². The number of carbonyl (C=O) groups excluding carboxylic acids is 1. The topological polar surface area (TPSA) is 101 Å². The minimum Gasteiger partial charge on any atom is -0.479 e. The molecule has 1 saturated heterocycles. The molecule has 0 aromatic heterocycles. The molecule has 1 N–H and O–H groups in total. The quantitative estimate of drug-likeness (QED) is 0.834. The van der Waals surface area contributed by atoms with Crippen LogP contribution in [0, 0.1) is 0 Å². The molecule has 1 heterocycles. The maximum absolute atomic E-state index is 12.4. The Balaban J connectivity index is 2.07. The zero-order valence-electron chi connectivity index (χ0n) is 14.5. The van der Waals surface area contributed by atoms with Gasteiger partial charge < -0.3 is 14.7 Å². The summed E-state index contributed by atoms with van der Waals surface area (Å²) in [6, 6.07) is 6.23. The predicted octanol–water partition coefficient (Wildman–Crippen LogP) is 1.11. The van der Waals surface area contributed by atoms with Gasteiger partial charge in [0.05, 0.1) is 29.2 Å². The lowest BCUT2D eigenvalue weighted by atomic mass is 10.1. The maximum atomic E-state index is 12.4. The Morgan fingerprint density at radius 2 is 1.84 bits per heavy atom. The summed E-state index contributed by atoms with van der Waals surface area (Å²) < 4.78 is 29.5. The number of sulfone groups is 1. The predicted molar refractivity (Wildman–Crippen MR) is 91.0 cm³/mol. The van der Waals surface area contributed by atoms with E-state index in [0.717, 1.165) is 0 Å². The fraction of sp³-hybridized carbons (Fsp3) is 0.529. The minimum atomic E-state index is -3.34. The Hall–Kier alpha value is -1.93. The molecule has 2 rings (SSSR count). The molecule has 2 atom stereocenters. The van der Waals surface area contributed by atoms with Crippen molar-refractivity contribution >= 4 is 21.7 Å². The summed E-state index contributed by atoms with van der Waals surface area (Å²) in [6.45, 7) is 5.30. The lowest BCUT2D eigenvalue weighted by Crippen LogP contribution is -2.52. The number of carboxylic acid groups (broad SMARTS) is 1. The maximum Gasteiger partial charge on any atom is 0.334 e. The van der Waals surface area contributed by atoms with Crippen molar-refractivity contribution in [3.63, 3.8) is 0 Å². The average Bonchev–Trinajstić information content (AvgIpc) is 2.54. The SMILES string of the molecule is CC(C)S(=O)(=O)c1ccc(CC(=O)N2CC(C(=O)O)O[C@H](C)C2)cc1. The summed E-state index contributed by atoms with van der Waals surface area (Å²) in [4.78, 5) is 25.2. The first-order valence-electron chi connectivity index (χ1n) is 8.10. The highest BCUT2D eigenvalue weighted by atomic mass is 32.2. The van der Waals surface area contributed by atoms with Crippen molar-refractivity contribution < 1.29 is 27.9 Å². The van der Waals surface area contributed by atoms with Crippen LogP contribution >= 0.6 is 0 Å². The van der Waals surface area contributed by atoms with Gasteiger partial charge >= 0.3 is 5.97 Å². The van der Waals surface area contributed by atoms with Crippen molar-refractivity contribution in [2.24, 2.45) is 0 Å². The summed E-state index contributed by atoms with van der Waals surface area (Å²) >= 11 is 0. The molecule has 0 spiro atoms. The molecule has 0 radical (unpaired) electrons. The van der Waals surface area contributed by atoms with E-state index in [0.29, 0.717) is 12.1 Å². The first kappa shape index (κ1) is 19.4. The number of nitrogens with zero attached hydrogens (tertiary/aromatic N) is 1. The first-order valence-corrected chi connectivity index (χ1v) is 9.64. The van der Waals surface area contributed by atoms with E-state index in [-0.39, 0.29) is 29.9 Å². The molecular formula is C17H23NO6S. The van der Waals surface area contributed by atoms with E-state index in [2.05, 4.69) is 0 Å². The molecule has 0 saturated carbocycles. The van der Waals surface area contributed by atoms with Crippen molar-refractivity contribution in [1.82, 2.24) is 4.90 Å². The highest BCUT2D eigenvalue weighted by Gasteiger charge is 2.32. The van der Waals surface area contributed by atoms with Gasteiger partial charge in [-0.25, -0.2) is 13.2 Å². The number of hydrogen-bond acceptors (Lipinski definition) is 5. The van der Waals surface area contributed by atoms with E-state index in [1.54, 1.807) is 32.9 Å². The number of aliphatic carboxylic acids is 1. The second kappa shape index (κ2) is 7.53. The van der Waals surface area contributed by atoms with Crippen LogP contribution in [0.4, 0.5) is 0 Å². The Morgan fingerprint density at radius 1 is 1.24 bits per heavy atom. The fourth-order valence-corrected chi connectivity index (χ4v) is 3.71. The minimum absolute atomic E-state index is 0.0122. The number of morpholine rings is 1. The van der Waals surface area contributed by atoms with Crippen LogP contribution in [0.1, 0.15) is 26.3 Å². The molecule has 1 aromatic rings. The Bertz CT molecular complexity index is 741. The number of rotatable bonds is 5. The van der Waals surface area contributed by atoms with Gasteiger partial charge in [-0.3, -0.25) is 4.79 Å². The van der Waals surface area contributed by atoms with Gasteiger partial charge in [0.25, 0.3) is 0 Å². The van der Waals surface area contributed by atoms with Crippen molar-refractivity contribution in [3.8, 4) is 0 Å². The van der Waals surface area contributed by atoms with E-state index < -0.39 is 27.2 Å². The molecule has 7 nitrogen and oxygen atoms in total. The van der Waals surface area contributed by atoms with Crippen LogP contribution in [0.25, 0.3) is 0 Å². The van der Waals surface area contributed by atoms with Crippen LogP contribution in [0.5, 0.6) is 0 Å². The van der Waals surface area contributed by atoms with Crippen LogP contribution < -0.4 is 0 Å². The normalized spacial score (nSPS) is 21.4. The van der Waals surface area contributed by atoms with Gasteiger partial charge in [0.15, 0.2) is 15.9 Å². The van der Waals surface area contributed by atoms with E-state index >= 15 is 0 Å². The third-order valence-corrected chi connectivity index (χ3v) is 6.29. The van der Waals surface area contributed by atoms with Gasteiger partial charge in [0.1, 0.15) is 0 Å². The molecule has 1 aliphatic heterocycles. The molecule has 8 heteroatoms. The lowest BCUT2D eigenvalue weighted by Gasteiger charge is -2.35. The van der Waals surface area contributed by atoms with E-state index in [4.69, 9.17) is 9.84 Å². The molecule has 1 aromatic carbocycles. The van der Waals surface area contributed by atoms with Gasteiger partial charge in [0, 0.05) is 6.54 Å². The molecule has 0 aliphatic carbocycles. The molecular weight excluding hydrogens is 346 g/mol. The molecule has 138 valence electrons. The van der Waals surface area contributed by atoms with Gasteiger partial charge in [-0.2, -0.15) is 0 Å². The smallest absolute Gasteiger partial charge is 0.334 e. The van der Waals surface area contributed by atoms with Crippen molar-refractivity contribution in [3.05, 3.63) is 29.8 Å². The van der Waals surface area contributed by atoms with E-state index in [1.165, 1.54) is 17.0 Å². The van der Waals surface area contributed by atoms with Gasteiger partial charge in [-0.05, 0) is 38.5 Å². The van der Waals surface area contributed by atoms with Crippen LogP contribution in [-0.4, -0.2) is 60.8 Å². The Morgan fingerprint density at radius 3 is 2.36 bits per heavy atom. The fourth-order valence-electron chi connectivity index (χ4n) is 2.65. The molecule has 1 amide bonds. The van der Waals surface area contributed by atoms with Gasteiger partial charge in [-0.1, -0.05) is 12.1 Å². The van der Waals surface area contributed by atoms with E-state index in [9.17, 15) is 18.0 Å². The molecule has 1 fully saturated rings. The van der Waals surface area contributed by atoms with Crippen LogP contribution in [0.3, 0.4) is 0 Å². The van der Waals surface area contributed by atoms with Crippen LogP contribution in [0.15, 0.2) is 29.2 Å². The number of benzene rings is 1. The summed E-state index contributed by atoms with van der Waals surface area (Å²) in [5.41, 5.74) is 0.679. The third kappa shape index (κ3) is 4.58. The standard InChI is InChI=1S/C17H23NO6S/c1-11(2)25(22,23)14-6-4-13(5-7-14)8-16(19)18-9-12(3)24-15(10-18)17(20)21/h4-7,11-12,15H,8-10H2,1-3H3,(H,20,21)/t12-,15?/m1/s1. The Kier molecular flexibility index (Phi) is 5.84. The molecule has 25 heavy (non-hydrogen) atoms. The Labute approximate surface area is 147 Å². The number of amides is 1. The number of carbonyl (C=O) groups is 2. The average molecular weight is 369 g/mol. The highest BCUT2D eigenvalue weighted by molar-refractivity contribution is 7.92. The lowest BCUT2D eigenvalue weighted by molar-refractivity contribution is -0.166. The second-order valence-electron chi connectivity index (χ2n) is 6.49. The van der Waals surface area contributed by atoms with Crippen LogP contribution in [-0.2, 0) is 30.6 Å². The zero-order valence-corrected chi connectivity index (χ0v) is 15.3. The van der Waals surface area contributed by atoms with Crippen molar-refractivity contribution in [2.75, 3.05) is 13.1 Å². The first-order chi connectivity index (χ1) is 11.6. The number of carboxylic acids is 1. The van der Waals surface area contributed by atoms with Gasteiger partial charge in [-0.15, -0.1) is 0 Å². The summed E-state index contributed by atoms with van der Waals surface area (Å²) in [5.74, 6) is -1.30. The number of hydrogen-bond donors (Lipinski definition) is 1.